The summed E-state index contributed by atoms with van der Waals surface area (Å²) < 4.78 is 1.01. The minimum absolute atomic E-state index is 0. The molecule has 0 radical (unpaired) electrons. The molecule has 0 spiro atoms. The summed E-state index contributed by atoms with van der Waals surface area (Å²) in [7, 11) is 0. The zero-order valence-electron chi connectivity index (χ0n) is 8.99. The normalized spacial score (nSPS) is 16.8. The molecular formula is C10H13Cl3N2OS. The highest BCUT2D eigenvalue weighted by atomic mass is 35.5. The maximum absolute atomic E-state index is 12.1. The zero-order chi connectivity index (χ0) is 11.7. The molecule has 0 unspecified atom stereocenters. The van der Waals surface area contributed by atoms with Crippen LogP contribution in [0.1, 0.15) is 23.2 Å². The van der Waals surface area contributed by atoms with E-state index in [0.29, 0.717) is 27.3 Å². The molecule has 0 saturated carbocycles. The summed E-state index contributed by atoms with van der Waals surface area (Å²) in [6, 6.07) is 1.84. The Morgan fingerprint density at radius 2 is 2.00 bits per heavy atom. The van der Waals surface area contributed by atoms with E-state index in [1.807, 2.05) is 0 Å². The number of carbonyl (C=O) groups excluding carboxylic acids is 1. The number of piperidine rings is 1. The van der Waals surface area contributed by atoms with Gasteiger partial charge in [0.1, 0.15) is 4.34 Å². The second kappa shape index (κ2) is 6.25. The first kappa shape index (κ1) is 15.1. The Bertz CT molecular complexity index is 402. The first-order chi connectivity index (χ1) is 7.58. The molecule has 3 nitrogen and oxygen atoms in total. The Kier molecular flexibility index (Phi) is 5.54. The lowest BCUT2D eigenvalue weighted by atomic mass is 10.1. The average molecular weight is 316 g/mol. The van der Waals surface area contributed by atoms with Crippen LogP contribution in [-0.2, 0) is 0 Å². The smallest absolute Gasteiger partial charge is 0.256 e. The Morgan fingerprint density at radius 1 is 1.41 bits per heavy atom. The molecule has 1 aliphatic rings. The van der Waals surface area contributed by atoms with Gasteiger partial charge in [-0.1, -0.05) is 23.2 Å². The van der Waals surface area contributed by atoms with Crippen molar-refractivity contribution >= 4 is 52.9 Å². The van der Waals surface area contributed by atoms with Crippen molar-refractivity contribution in [1.29, 1.82) is 0 Å². The molecule has 0 aromatic carbocycles. The quantitative estimate of drug-likeness (QED) is 0.866. The number of likely N-dealkylation sites (tertiary alicyclic amines) is 1. The van der Waals surface area contributed by atoms with E-state index in [9.17, 15) is 4.79 Å². The van der Waals surface area contributed by atoms with Gasteiger partial charge in [0.25, 0.3) is 5.91 Å². The third-order valence-corrected chi connectivity index (χ3v) is 4.20. The second-order valence-corrected chi connectivity index (χ2v) is 6.15. The fourth-order valence-electron chi connectivity index (χ4n) is 1.76. The third kappa shape index (κ3) is 3.48. The molecule has 2 heterocycles. The van der Waals surface area contributed by atoms with E-state index in [1.165, 1.54) is 11.3 Å². The van der Waals surface area contributed by atoms with Gasteiger partial charge in [-0.05, 0) is 18.9 Å². The van der Waals surface area contributed by atoms with Crippen molar-refractivity contribution in [2.24, 2.45) is 5.73 Å². The van der Waals surface area contributed by atoms with Gasteiger partial charge in [-0.15, -0.1) is 23.7 Å². The van der Waals surface area contributed by atoms with Crippen LogP contribution in [0, 0.1) is 0 Å². The molecule has 1 aliphatic heterocycles. The van der Waals surface area contributed by atoms with E-state index in [4.69, 9.17) is 28.9 Å². The number of nitrogens with zero attached hydrogens (tertiary/aromatic N) is 1. The Balaban J connectivity index is 0.00000144. The number of halogens is 3. The Morgan fingerprint density at radius 3 is 2.47 bits per heavy atom. The lowest BCUT2D eigenvalue weighted by Crippen LogP contribution is -2.42. The molecule has 0 bridgehead atoms. The standard InChI is InChI=1S/C10H12Cl2N2OS.ClH/c11-8-5-7(9(12)16-8)10(15)14-3-1-6(13)2-4-14;/h5-6H,1-4,13H2;1H. The summed E-state index contributed by atoms with van der Waals surface area (Å²) in [5.74, 6) is -0.0416. The summed E-state index contributed by atoms with van der Waals surface area (Å²) in [6.45, 7) is 1.40. The highest BCUT2D eigenvalue weighted by molar-refractivity contribution is 7.20. The van der Waals surface area contributed by atoms with E-state index < -0.39 is 0 Å². The van der Waals surface area contributed by atoms with Gasteiger partial charge in [0.15, 0.2) is 0 Å². The molecule has 0 aliphatic carbocycles. The van der Waals surface area contributed by atoms with Gasteiger partial charge in [-0.25, -0.2) is 0 Å². The number of hydrogen-bond acceptors (Lipinski definition) is 3. The molecule has 1 saturated heterocycles. The van der Waals surface area contributed by atoms with E-state index in [-0.39, 0.29) is 24.4 Å². The van der Waals surface area contributed by atoms with Crippen molar-refractivity contribution in [2.45, 2.75) is 18.9 Å². The molecule has 1 amide bonds. The molecular weight excluding hydrogens is 303 g/mol. The second-order valence-electron chi connectivity index (χ2n) is 3.87. The first-order valence-electron chi connectivity index (χ1n) is 5.07. The number of rotatable bonds is 1. The Labute approximate surface area is 120 Å². The van der Waals surface area contributed by atoms with Crippen molar-refractivity contribution < 1.29 is 4.79 Å². The van der Waals surface area contributed by atoms with Crippen LogP contribution in [0.2, 0.25) is 8.67 Å². The number of nitrogens with two attached hydrogens (primary N) is 1. The Hall–Kier alpha value is -0.0000000000000000555. The number of hydrogen-bond donors (Lipinski definition) is 1. The summed E-state index contributed by atoms with van der Waals surface area (Å²) in [6.07, 6.45) is 1.70. The van der Waals surface area contributed by atoms with Gasteiger partial charge in [-0.2, -0.15) is 0 Å². The summed E-state index contributed by atoms with van der Waals surface area (Å²) in [5, 5.41) is 0. The highest BCUT2D eigenvalue weighted by Crippen LogP contribution is 2.32. The van der Waals surface area contributed by atoms with E-state index in [1.54, 1.807) is 11.0 Å². The maximum atomic E-state index is 12.1. The van der Waals surface area contributed by atoms with Gasteiger partial charge in [-0.3, -0.25) is 4.79 Å². The summed E-state index contributed by atoms with van der Waals surface area (Å²) in [5.41, 5.74) is 6.29. The molecule has 0 atom stereocenters. The monoisotopic (exact) mass is 314 g/mol. The maximum Gasteiger partial charge on any atom is 0.256 e. The van der Waals surface area contributed by atoms with Gasteiger partial charge >= 0.3 is 0 Å². The van der Waals surface area contributed by atoms with Gasteiger partial charge in [0.2, 0.25) is 0 Å². The fraction of sp³-hybridized carbons (Fsp3) is 0.500. The highest BCUT2D eigenvalue weighted by Gasteiger charge is 2.24. The van der Waals surface area contributed by atoms with E-state index >= 15 is 0 Å². The van der Waals surface area contributed by atoms with E-state index in [2.05, 4.69) is 0 Å². The minimum atomic E-state index is -0.0416. The van der Waals surface area contributed by atoms with Gasteiger partial charge in [0, 0.05) is 19.1 Å². The van der Waals surface area contributed by atoms with Crippen LogP contribution >= 0.6 is 46.9 Å². The molecule has 2 N–H and O–H groups in total. The van der Waals surface area contributed by atoms with Crippen LogP contribution in [0.3, 0.4) is 0 Å². The number of carbonyl (C=O) groups is 1. The first-order valence-corrected chi connectivity index (χ1v) is 6.65. The van der Waals surface area contributed by atoms with Crippen LogP contribution in [0.15, 0.2) is 6.07 Å². The van der Waals surface area contributed by atoms with Crippen LogP contribution in [0.4, 0.5) is 0 Å². The number of amides is 1. The predicted molar refractivity (Wildman–Crippen MR) is 74.7 cm³/mol. The minimum Gasteiger partial charge on any atom is -0.338 e. The van der Waals surface area contributed by atoms with Crippen molar-refractivity contribution in [3.8, 4) is 0 Å². The molecule has 1 aromatic heterocycles. The van der Waals surface area contributed by atoms with Crippen molar-refractivity contribution in [1.82, 2.24) is 4.90 Å². The van der Waals surface area contributed by atoms with Crippen molar-refractivity contribution in [3.05, 3.63) is 20.3 Å². The number of thiophene rings is 1. The third-order valence-electron chi connectivity index (χ3n) is 2.71. The van der Waals surface area contributed by atoms with Crippen molar-refractivity contribution in [3.63, 3.8) is 0 Å². The zero-order valence-corrected chi connectivity index (χ0v) is 12.1. The largest absolute Gasteiger partial charge is 0.338 e. The van der Waals surface area contributed by atoms with Crippen LogP contribution in [0.25, 0.3) is 0 Å². The average Bonchev–Trinajstić information content (AvgIpc) is 2.58. The van der Waals surface area contributed by atoms with Gasteiger partial charge in [0.05, 0.1) is 9.90 Å². The van der Waals surface area contributed by atoms with Gasteiger partial charge < -0.3 is 10.6 Å². The van der Waals surface area contributed by atoms with Crippen LogP contribution < -0.4 is 5.73 Å². The van der Waals surface area contributed by atoms with Crippen molar-refractivity contribution in [2.75, 3.05) is 13.1 Å². The van der Waals surface area contributed by atoms with E-state index in [0.717, 1.165) is 12.8 Å². The summed E-state index contributed by atoms with van der Waals surface area (Å²) >= 11 is 13.0. The lowest BCUT2D eigenvalue weighted by molar-refractivity contribution is 0.0715. The lowest BCUT2D eigenvalue weighted by Gasteiger charge is -2.30. The molecule has 17 heavy (non-hydrogen) atoms. The van der Waals surface area contributed by atoms with Crippen LogP contribution in [-0.4, -0.2) is 29.9 Å². The SMILES string of the molecule is Cl.NC1CCN(C(=O)c2cc(Cl)sc2Cl)CC1. The van der Waals surface area contributed by atoms with Crippen LogP contribution in [0.5, 0.6) is 0 Å². The predicted octanol–water partition coefficient (Wildman–Crippen LogP) is 3.04. The molecule has 7 heteroatoms. The molecule has 96 valence electrons. The molecule has 2 rings (SSSR count). The molecule has 1 aromatic rings. The molecule has 1 fully saturated rings. The topological polar surface area (TPSA) is 46.3 Å². The summed E-state index contributed by atoms with van der Waals surface area (Å²) in [4.78, 5) is 13.9. The fourth-order valence-corrected chi connectivity index (χ4v) is 3.21.